The Bertz CT molecular complexity index is 4200. The highest BCUT2D eigenvalue weighted by atomic mass is 19.4. The first-order chi connectivity index (χ1) is 36.9. The zero-order valence-electron chi connectivity index (χ0n) is 44.7. The van der Waals surface area contributed by atoms with Gasteiger partial charge in [-0.05, 0) is 154 Å². The summed E-state index contributed by atoms with van der Waals surface area (Å²) in [4.78, 5) is 0. The van der Waals surface area contributed by atoms with E-state index in [1.807, 2.05) is 12.1 Å². The molecule has 0 atom stereocenters. The Balaban J connectivity index is 1.27. The summed E-state index contributed by atoms with van der Waals surface area (Å²) in [6.45, 7) is 18.5. The van der Waals surface area contributed by atoms with E-state index in [9.17, 15) is 5.26 Å². The molecular weight excluding hydrogens is 952 g/mol. The number of alkyl halides is 3. The zero-order chi connectivity index (χ0) is 53.8. The number of aromatic nitrogens is 2. The molecule has 0 aliphatic heterocycles. The zero-order valence-corrected chi connectivity index (χ0v) is 44.7. The molecule has 0 N–H and O–H groups in total. The number of rotatable bonds is 7. The third-order valence-corrected chi connectivity index (χ3v) is 15.3. The molecular formula is C71H56F3N3. The van der Waals surface area contributed by atoms with E-state index in [1.54, 1.807) is 13.0 Å². The summed E-state index contributed by atoms with van der Waals surface area (Å²) in [5.74, 6) is 0. The van der Waals surface area contributed by atoms with Crippen molar-refractivity contribution in [2.75, 3.05) is 0 Å². The van der Waals surface area contributed by atoms with Gasteiger partial charge >= 0.3 is 6.18 Å². The Kier molecular flexibility index (Phi) is 11.7. The lowest BCUT2D eigenvalue weighted by Gasteiger charge is -2.23. The van der Waals surface area contributed by atoms with E-state index < -0.39 is 11.7 Å². The Labute approximate surface area is 447 Å². The second kappa shape index (κ2) is 18.4. The predicted molar refractivity (Wildman–Crippen MR) is 315 cm³/mol. The summed E-state index contributed by atoms with van der Waals surface area (Å²) in [6, 6.07) is 62.6. The molecule has 6 heteroatoms. The highest BCUT2D eigenvalue weighted by Crippen LogP contribution is 2.48. The molecule has 376 valence electrons. The Morgan fingerprint density at radius 3 is 1.03 bits per heavy atom. The summed E-state index contributed by atoms with van der Waals surface area (Å²) >= 11 is 0. The molecule has 12 rings (SSSR count). The minimum absolute atomic E-state index is 0.0282. The van der Waals surface area contributed by atoms with Crippen molar-refractivity contribution in [2.45, 2.75) is 68.5 Å². The monoisotopic (exact) mass is 1010 g/mol. The van der Waals surface area contributed by atoms with Gasteiger partial charge in [-0.1, -0.05) is 184 Å². The number of hydrogen-bond acceptors (Lipinski definition) is 1. The van der Waals surface area contributed by atoms with Gasteiger partial charge in [-0.3, -0.25) is 0 Å². The fraction of sp³-hybridized carbons (Fsp3) is 0.141. The summed E-state index contributed by atoms with van der Waals surface area (Å²) < 4.78 is 51.4. The number of nitriles is 1. The van der Waals surface area contributed by atoms with E-state index in [-0.39, 0.29) is 11.1 Å². The van der Waals surface area contributed by atoms with E-state index in [2.05, 4.69) is 216 Å². The van der Waals surface area contributed by atoms with Crippen LogP contribution in [-0.2, 0) is 6.18 Å². The van der Waals surface area contributed by atoms with Gasteiger partial charge in [0, 0.05) is 27.1 Å². The molecule has 0 aliphatic carbocycles. The van der Waals surface area contributed by atoms with Crippen LogP contribution in [0.5, 0.6) is 0 Å². The quantitative estimate of drug-likeness (QED) is 0.157. The lowest BCUT2D eigenvalue weighted by Crippen LogP contribution is -2.11. The SMILES string of the molecule is Cc1cc(C)cc(-c2ccc3c4ccc(-c5cc(C)cc(C)c5)cc4n(-c4ccc(-c5c(C)cccc5C(F)(F)F)c(-n5c6cc(-c7cc(C)cc(C)c7)ccc6c6ccc(-c7cc(C)cc(C)c7)cc65)c4C#N)c3c2)c1. The first-order valence-electron chi connectivity index (χ1n) is 26.2. The summed E-state index contributed by atoms with van der Waals surface area (Å²) in [6.07, 6.45) is -4.71. The molecule has 0 spiro atoms. The fourth-order valence-corrected chi connectivity index (χ4v) is 12.4. The minimum atomic E-state index is -4.71. The smallest absolute Gasteiger partial charge is 0.308 e. The maximum Gasteiger partial charge on any atom is 0.417 e. The van der Waals surface area contributed by atoms with Gasteiger partial charge in [0.05, 0.1) is 39.0 Å². The Morgan fingerprint density at radius 1 is 0.364 bits per heavy atom. The van der Waals surface area contributed by atoms with E-state index in [0.717, 1.165) is 139 Å². The molecule has 3 nitrogen and oxygen atoms in total. The van der Waals surface area contributed by atoms with Gasteiger partial charge in [0.25, 0.3) is 0 Å². The van der Waals surface area contributed by atoms with Crippen LogP contribution in [0.3, 0.4) is 0 Å². The van der Waals surface area contributed by atoms with Crippen LogP contribution in [0, 0.1) is 73.6 Å². The largest absolute Gasteiger partial charge is 0.417 e. The number of hydrogen-bond donors (Lipinski definition) is 0. The Hall–Kier alpha value is -8.92. The standard InChI is InChI=1S/C71H56F3N3/c1-40-23-41(2)28-53(27-40)49-13-17-57-58-18-14-50(54-29-42(3)24-43(4)30-54)36-66(58)76(65(57)35-49)64-22-21-61(69-48(9)11-10-12-63(69)71(72,73)74)70(62(64)39-75)77-67-37-51(55-31-44(5)25-45(6)32-55)15-19-59(67)60-20-16-52(38-68(60)77)56-33-46(7)26-47(8)34-56/h10-38H,1-9H3. The van der Waals surface area contributed by atoms with Crippen LogP contribution in [0.25, 0.3) is 111 Å². The first-order valence-corrected chi connectivity index (χ1v) is 26.2. The average molecular weight is 1010 g/mol. The van der Waals surface area contributed by atoms with Crippen molar-refractivity contribution >= 4 is 43.6 Å². The maximum absolute atomic E-state index is 15.7. The fourth-order valence-electron chi connectivity index (χ4n) is 12.4. The summed E-state index contributed by atoms with van der Waals surface area (Å²) in [5, 5.41) is 16.0. The molecule has 0 aliphatic rings. The van der Waals surface area contributed by atoms with Gasteiger partial charge in [-0.15, -0.1) is 0 Å². The summed E-state index contributed by atoms with van der Waals surface area (Å²) in [5.41, 5.74) is 21.6. The predicted octanol–water partition coefficient (Wildman–Crippen LogP) is 19.9. The van der Waals surface area contributed by atoms with Crippen molar-refractivity contribution in [1.82, 2.24) is 9.13 Å². The third-order valence-electron chi connectivity index (χ3n) is 15.3. The molecule has 0 radical (unpaired) electrons. The highest BCUT2D eigenvalue weighted by Gasteiger charge is 2.36. The van der Waals surface area contributed by atoms with Gasteiger partial charge in [-0.2, -0.15) is 18.4 Å². The average Bonchev–Trinajstić information content (AvgIpc) is 3.88. The Morgan fingerprint density at radius 2 is 0.701 bits per heavy atom. The molecule has 0 saturated carbocycles. The van der Waals surface area contributed by atoms with E-state index in [0.29, 0.717) is 22.5 Å². The van der Waals surface area contributed by atoms with Crippen molar-refractivity contribution in [3.8, 4) is 73.1 Å². The topological polar surface area (TPSA) is 33.6 Å². The third kappa shape index (κ3) is 8.57. The van der Waals surface area contributed by atoms with Gasteiger partial charge in [-0.25, -0.2) is 0 Å². The summed E-state index contributed by atoms with van der Waals surface area (Å²) in [7, 11) is 0. The van der Waals surface area contributed by atoms with Crippen LogP contribution in [0.2, 0.25) is 0 Å². The van der Waals surface area contributed by atoms with Gasteiger partial charge in [0.2, 0.25) is 0 Å². The molecule has 0 unspecified atom stereocenters. The molecule has 12 aromatic rings. The normalized spacial score (nSPS) is 11.9. The number of fused-ring (bicyclic) bond motifs is 6. The van der Waals surface area contributed by atoms with Crippen LogP contribution in [0.15, 0.2) is 176 Å². The van der Waals surface area contributed by atoms with Crippen molar-refractivity contribution in [3.63, 3.8) is 0 Å². The van der Waals surface area contributed by atoms with Crippen molar-refractivity contribution in [1.29, 1.82) is 5.26 Å². The van der Waals surface area contributed by atoms with Gasteiger partial charge in [0.1, 0.15) is 11.6 Å². The van der Waals surface area contributed by atoms with Crippen LogP contribution < -0.4 is 0 Å². The molecule has 2 heterocycles. The van der Waals surface area contributed by atoms with Crippen LogP contribution in [0.1, 0.15) is 61.2 Å². The van der Waals surface area contributed by atoms with E-state index in [1.165, 1.54) is 6.07 Å². The molecule has 77 heavy (non-hydrogen) atoms. The molecule has 0 fully saturated rings. The maximum atomic E-state index is 15.7. The number of halogens is 3. The molecule has 0 amide bonds. The molecule has 0 saturated heterocycles. The minimum Gasteiger partial charge on any atom is -0.308 e. The van der Waals surface area contributed by atoms with Crippen LogP contribution in [0.4, 0.5) is 13.2 Å². The second-order valence-corrected chi connectivity index (χ2v) is 21.6. The second-order valence-electron chi connectivity index (χ2n) is 21.6. The van der Waals surface area contributed by atoms with E-state index in [4.69, 9.17) is 0 Å². The lowest BCUT2D eigenvalue weighted by molar-refractivity contribution is -0.137. The molecule has 10 aromatic carbocycles. The number of nitrogens with zero attached hydrogens (tertiary/aromatic N) is 3. The van der Waals surface area contributed by atoms with Gasteiger partial charge in [0.15, 0.2) is 0 Å². The first kappa shape index (κ1) is 49.0. The van der Waals surface area contributed by atoms with Crippen molar-refractivity contribution < 1.29 is 13.2 Å². The van der Waals surface area contributed by atoms with Crippen LogP contribution >= 0.6 is 0 Å². The highest BCUT2D eigenvalue weighted by molar-refractivity contribution is 6.14. The molecule has 0 bridgehead atoms. The molecule has 2 aromatic heterocycles. The number of benzene rings is 10. The van der Waals surface area contributed by atoms with Gasteiger partial charge < -0.3 is 9.13 Å². The lowest BCUT2D eigenvalue weighted by atomic mass is 9.91. The van der Waals surface area contributed by atoms with Crippen LogP contribution in [-0.4, -0.2) is 9.13 Å². The van der Waals surface area contributed by atoms with E-state index >= 15 is 13.2 Å². The number of aryl methyl sites for hydroxylation is 9. The van der Waals surface area contributed by atoms with Crippen molar-refractivity contribution in [3.05, 3.63) is 237 Å². The van der Waals surface area contributed by atoms with Crippen molar-refractivity contribution in [2.24, 2.45) is 0 Å².